The molecule has 0 spiro atoms. The Kier molecular flexibility index (Phi) is 3.02. The van der Waals surface area contributed by atoms with E-state index >= 15 is 0 Å². The van der Waals surface area contributed by atoms with Crippen LogP contribution >= 0.6 is 0 Å². The van der Waals surface area contributed by atoms with E-state index in [0.29, 0.717) is 12.2 Å². The maximum Gasteiger partial charge on any atom is 0.292 e. The maximum absolute atomic E-state index is 11.1. The van der Waals surface area contributed by atoms with Gasteiger partial charge in [-0.2, -0.15) is 0 Å². The minimum atomic E-state index is -0.329. The van der Waals surface area contributed by atoms with Crippen LogP contribution in [-0.2, 0) is 13.0 Å². The molecule has 0 saturated carbocycles. The highest BCUT2D eigenvalue weighted by molar-refractivity contribution is 5.65. The van der Waals surface area contributed by atoms with Gasteiger partial charge in [0, 0.05) is 24.8 Å². The van der Waals surface area contributed by atoms with Crippen molar-refractivity contribution in [3.8, 4) is 0 Å². The van der Waals surface area contributed by atoms with Gasteiger partial charge in [0.15, 0.2) is 0 Å². The molecule has 1 aliphatic heterocycles. The van der Waals surface area contributed by atoms with Crippen molar-refractivity contribution >= 4 is 17.1 Å². The van der Waals surface area contributed by atoms with Crippen LogP contribution < -0.4 is 10.6 Å². The van der Waals surface area contributed by atoms with Crippen LogP contribution in [0.15, 0.2) is 42.5 Å². The van der Waals surface area contributed by atoms with Crippen LogP contribution in [0.25, 0.3) is 0 Å². The minimum Gasteiger partial charge on any atom is -0.398 e. The molecule has 3 rings (SSSR count). The lowest BCUT2D eigenvalue weighted by molar-refractivity contribution is -0.384. The molecule has 2 N–H and O–H groups in total. The number of fused-ring (bicyclic) bond motifs is 1. The Labute approximate surface area is 116 Å². The first-order valence-electron chi connectivity index (χ1n) is 6.51. The van der Waals surface area contributed by atoms with Crippen LogP contribution in [0.3, 0.4) is 0 Å². The Morgan fingerprint density at radius 3 is 2.75 bits per heavy atom. The van der Waals surface area contributed by atoms with Crippen LogP contribution in [0.2, 0.25) is 0 Å². The molecule has 0 aliphatic carbocycles. The molecule has 1 aliphatic rings. The van der Waals surface area contributed by atoms with E-state index in [-0.39, 0.29) is 10.6 Å². The summed E-state index contributed by atoms with van der Waals surface area (Å²) < 4.78 is 0. The number of para-hydroxylation sites is 2. The molecule has 1 heterocycles. The van der Waals surface area contributed by atoms with E-state index in [1.165, 1.54) is 5.56 Å². The smallest absolute Gasteiger partial charge is 0.292 e. The summed E-state index contributed by atoms with van der Waals surface area (Å²) >= 11 is 0. The highest BCUT2D eigenvalue weighted by Crippen LogP contribution is 2.32. The van der Waals surface area contributed by atoms with Crippen molar-refractivity contribution < 1.29 is 4.92 Å². The normalized spacial score (nSPS) is 13.9. The number of hydrogen-bond donors (Lipinski definition) is 1. The van der Waals surface area contributed by atoms with Crippen LogP contribution in [0.4, 0.5) is 17.1 Å². The van der Waals surface area contributed by atoms with Gasteiger partial charge in [-0.1, -0.05) is 24.3 Å². The van der Waals surface area contributed by atoms with Gasteiger partial charge in [-0.25, -0.2) is 0 Å². The number of nitrogens with zero attached hydrogens (tertiary/aromatic N) is 2. The summed E-state index contributed by atoms with van der Waals surface area (Å²) in [5.74, 6) is 0. The number of rotatable bonds is 2. The third kappa shape index (κ3) is 2.07. The van der Waals surface area contributed by atoms with Gasteiger partial charge in [-0.15, -0.1) is 0 Å². The summed E-state index contributed by atoms with van der Waals surface area (Å²) in [5, 5.41) is 11.1. The number of nitro benzene ring substituents is 1. The molecule has 0 radical (unpaired) electrons. The molecule has 20 heavy (non-hydrogen) atoms. The lowest BCUT2D eigenvalue weighted by Gasteiger charge is -2.31. The van der Waals surface area contributed by atoms with E-state index in [4.69, 9.17) is 5.73 Å². The molecule has 0 unspecified atom stereocenters. The first kappa shape index (κ1) is 12.5. The average Bonchev–Trinajstić information content (AvgIpc) is 2.47. The monoisotopic (exact) mass is 269 g/mol. The molecule has 2 aromatic rings. The van der Waals surface area contributed by atoms with Gasteiger partial charge in [0.1, 0.15) is 5.69 Å². The third-order valence-corrected chi connectivity index (χ3v) is 3.72. The molecular weight excluding hydrogens is 254 g/mol. The Hall–Kier alpha value is -2.56. The molecule has 2 aromatic carbocycles. The van der Waals surface area contributed by atoms with Crippen LogP contribution in [0, 0.1) is 10.1 Å². The molecule has 0 bridgehead atoms. The van der Waals surface area contributed by atoms with Crippen LogP contribution in [0.1, 0.15) is 11.1 Å². The molecule has 0 amide bonds. The highest BCUT2D eigenvalue weighted by atomic mass is 16.6. The lowest BCUT2D eigenvalue weighted by Crippen LogP contribution is -2.31. The number of nitrogens with two attached hydrogens (primary N) is 1. The standard InChI is InChI=1S/C15H15N3O2/c16-13-5-3-4-11-10-17(9-8-12(11)13)14-6-1-2-7-15(14)18(19)20/h1-7H,8-10,16H2. The SMILES string of the molecule is Nc1cccc2c1CCN(c1ccccc1[N+](=O)[O-])C2. The predicted molar refractivity (Wildman–Crippen MR) is 78.7 cm³/mol. The van der Waals surface area contributed by atoms with Gasteiger partial charge < -0.3 is 10.6 Å². The second kappa shape index (κ2) is 4.85. The van der Waals surface area contributed by atoms with Crippen LogP contribution in [-0.4, -0.2) is 11.5 Å². The summed E-state index contributed by atoms with van der Waals surface area (Å²) in [5.41, 5.74) is 9.93. The molecule has 102 valence electrons. The lowest BCUT2D eigenvalue weighted by atomic mass is 9.97. The maximum atomic E-state index is 11.1. The molecule has 0 atom stereocenters. The van der Waals surface area contributed by atoms with Gasteiger partial charge in [-0.3, -0.25) is 10.1 Å². The number of benzene rings is 2. The van der Waals surface area contributed by atoms with Gasteiger partial charge in [0.05, 0.1) is 4.92 Å². The quantitative estimate of drug-likeness (QED) is 0.517. The molecule has 0 saturated heterocycles. The van der Waals surface area contributed by atoms with Crippen molar-refractivity contribution in [1.29, 1.82) is 0 Å². The Morgan fingerprint density at radius 2 is 1.95 bits per heavy atom. The Bertz CT molecular complexity index is 670. The fourth-order valence-corrected chi connectivity index (χ4v) is 2.73. The largest absolute Gasteiger partial charge is 0.398 e. The van der Waals surface area contributed by atoms with Crippen molar-refractivity contribution in [2.24, 2.45) is 0 Å². The second-order valence-electron chi connectivity index (χ2n) is 4.90. The second-order valence-corrected chi connectivity index (χ2v) is 4.90. The molecule has 0 aromatic heterocycles. The first-order valence-corrected chi connectivity index (χ1v) is 6.51. The molecular formula is C15H15N3O2. The number of nitrogen functional groups attached to an aromatic ring is 1. The van der Waals surface area contributed by atoms with Gasteiger partial charge in [-0.05, 0) is 29.7 Å². The van der Waals surface area contributed by atoms with Crippen LogP contribution in [0.5, 0.6) is 0 Å². The molecule has 5 nitrogen and oxygen atoms in total. The minimum absolute atomic E-state index is 0.153. The average molecular weight is 269 g/mol. The third-order valence-electron chi connectivity index (χ3n) is 3.72. The zero-order chi connectivity index (χ0) is 14.1. The Balaban J connectivity index is 1.97. The van der Waals surface area contributed by atoms with Crippen molar-refractivity contribution in [1.82, 2.24) is 0 Å². The van der Waals surface area contributed by atoms with E-state index in [2.05, 4.69) is 0 Å². The summed E-state index contributed by atoms with van der Waals surface area (Å²) in [6, 6.07) is 12.7. The predicted octanol–water partition coefficient (Wildman–Crippen LogP) is 2.74. The van der Waals surface area contributed by atoms with Gasteiger partial charge >= 0.3 is 0 Å². The molecule has 0 fully saturated rings. The van der Waals surface area contributed by atoms with E-state index < -0.39 is 0 Å². The summed E-state index contributed by atoms with van der Waals surface area (Å²) in [6.45, 7) is 1.40. The summed E-state index contributed by atoms with van der Waals surface area (Å²) in [7, 11) is 0. The number of hydrogen-bond acceptors (Lipinski definition) is 4. The zero-order valence-corrected chi connectivity index (χ0v) is 11.0. The van der Waals surface area contributed by atoms with E-state index in [1.807, 2.05) is 29.2 Å². The Morgan fingerprint density at radius 1 is 1.15 bits per heavy atom. The van der Waals surface area contributed by atoms with E-state index in [9.17, 15) is 10.1 Å². The number of nitro groups is 1. The van der Waals surface area contributed by atoms with Gasteiger partial charge in [0.2, 0.25) is 0 Å². The summed E-state index contributed by atoms with van der Waals surface area (Å²) in [4.78, 5) is 12.8. The van der Waals surface area contributed by atoms with Crippen molar-refractivity contribution in [2.45, 2.75) is 13.0 Å². The van der Waals surface area contributed by atoms with E-state index in [1.54, 1.807) is 18.2 Å². The summed E-state index contributed by atoms with van der Waals surface area (Å²) in [6.07, 6.45) is 0.814. The highest BCUT2D eigenvalue weighted by Gasteiger charge is 2.23. The fraction of sp³-hybridized carbons (Fsp3) is 0.200. The van der Waals surface area contributed by atoms with Crippen molar-refractivity contribution in [2.75, 3.05) is 17.2 Å². The molecule has 5 heteroatoms. The zero-order valence-electron chi connectivity index (χ0n) is 11.0. The topological polar surface area (TPSA) is 72.4 Å². The van der Waals surface area contributed by atoms with Crippen molar-refractivity contribution in [3.05, 3.63) is 63.7 Å². The first-order chi connectivity index (χ1) is 9.66. The number of anilines is 2. The van der Waals surface area contributed by atoms with Gasteiger partial charge in [0.25, 0.3) is 5.69 Å². The fourth-order valence-electron chi connectivity index (χ4n) is 2.73. The van der Waals surface area contributed by atoms with Crippen molar-refractivity contribution in [3.63, 3.8) is 0 Å². The van der Waals surface area contributed by atoms with E-state index in [0.717, 1.165) is 24.2 Å².